The van der Waals surface area contributed by atoms with Crippen LogP contribution in [0.2, 0.25) is 0 Å². The molecule has 22 rings (SSSR count). The van der Waals surface area contributed by atoms with Crippen molar-refractivity contribution in [2.45, 2.75) is 37.0 Å². The normalized spacial score (nSPS) is 16.8. The zero-order valence-electron chi connectivity index (χ0n) is 58.5. The molecule has 3 nitrogen and oxygen atoms in total. The highest BCUT2D eigenvalue weighted by atomic mass is 15.0. The van der Waals surface area contributed by atoms with Crippen molar-refractivity contribution in [3.05, 3.63) is 447 Å². The number of aryl methyl sites for hydroxylation is 3. The van der Waals surface area contributed by atoms with E-state index in [2.05, 4.69) is 398 Å². The third-order valence-electron chi connectivity index (χ3n) is 24.2. The molecule has 3 heterocycles. The fourth-order valence-electron chi connectivity index (χ4n) is 19.8. The van der Waals surface area contributed by atoms with Crippen LogP contribution in [0.1, 0.15) is 83.5 Å². The summed E-state index contributed by atoms with van der Waals surface area (Å²) in [6, 6.07) is 141. The van der Waals surface area contributed by atoms with E-state index in [-0.39, 0.29) is 0 Å². The van der Waals surface area contributed by atoms with E-state index >= 15 is 0 Å². The van der Waals surface area contributed by atoms with E-state index in [0.717, 1.165) is 17.1 Å². The van der Waals surface area contributed by atoms with Crippen LogP contribution in [0.15, 0.2) is 364 Å². The molecule has 492 valence electrons. The van der Waals surface area contributed by atoms with Crippen LogP contribution in [-0.2, 0) is 16.2 Å². The molecule has 0 fully saturated rings. The van der Waals surface area contributed by atoms with Crippen molar-refractivity contribution in [1.82, 2.24) is 13.7 Å². The first kappa shape index (κ1) is 59.6. The largest absolute Gasteiger partial charge is 0.309 e. The average molecular weight is 1340 g/mol. The van der Waals surface area contributed by atoms with Gasteiger partial charge in [0.2, 0.25) is 0 Å². The van der Waals surface area contributed by atoms with Crippen molar-refractivity contribution in [1.29, 1.82) is 0 Å². The van der Waals surface area contributed by atoms with Crippen LogP contribution >= 0.6 is 0 Å². The zero-order chi connectivity index (χ0) is 69.4. The number of para-hydroxylation sites is 6. The molecular weight excluding hydrogens is 1270 g/mol. The number of hydrogen-bond donors (Lipinski definition) is 0. The summed E-state index contributed by atoms with van der Waals surface area (Å²) in [5.74, 6) is 0. The van der Waals surface area contributed by atoms with E-state index in [4.69, 9.17) is 0 Å². The van der Waals surface area contributed by atoms with Gasteiger partial charge in [-0.2, -0.15) is 0 Å². The van der Waals surface area contributed by atoms with Crippen molar-refractivity contribution < 1.29 is 0 Å². The summed E-state index contributed by atoms with van der Waals surface area (Å²) in [5.41, 5.74) is 33.4. The van der Waals surface area contributed by atoms with E-state index < -0.39 is 16.2 Å². The molecule has 0 spiro atoms. The number of benzene rings is 16. The van der Waals surface area contributed by atoms with Gasteiger partial charge in [0.05, 0.1) is 49.3 Å². The van der Waals surface area contributed by atoms with Gasteiger partial charge in [0.1, 0.15) is 0 Å². The molecular formula is C102H69N3. The summed E-state index contributed by atoms with van der Waals surface area (Å²) in [6.07, 6.45) is 0. The Hall–Kier alpha value is -13.1. The summed E-state index contributed by atoms with van der Waals surface area (Å²) in [6.45, 7) is 6.70. The van der Waals surface area contributed by atoms with Crippen LogP contribution in [-0.4, -0.2) is 13.7 Å². The zero-order valence-corrected chi connectivity index (χ0v) is 58.5. The Kier molecular flexibility index (Phi) is 12.6. The summed E-state index contributed by atoms with van der Waals surface area (Å²) in [7, 11) is 0. The van der Waals surface area contributed by atoms with Crippen LogP contribution in [0, 0.1) is 20.8 Å². The van der Waals surface area contributed by atoms with E-state index in [1.165, 1.54) is 182 Å². The molecule has 3 atom stereocenters. The maximum Gasteiger partial charge on any atom is 0.0714 e. The van der Waals surface area contributed by atoms with Crippen LogP contribution in [0.5, 0.6) is 0 Å². The minimum Gasteiger partial charge on any atom is -0.309 e. The number of hydrogen-bond acceptors (Lipinski definition) is 0. The third-order valence-corrected chi connectivity index (χ3v) is 24.2. The third kappa shape index (κ3) is 8.05. The predicted molar refractivity (Wildman–Crippen MR) is 436 cm³/mol. The lowest BCUT2D eigenvalue weighted by Gasteiger charge is -2.41. The van der Waals surface area contributed by atoms with Gasteiger partial charge < -0.3 is 13.7 Å². The second-order valence-corrected chi connectivity index (χ2v) is 29.6. The molecule has 0 saturated heterocycles. The van der Waals surface area contributed by atoms with Crippen molar-refractivity contribution >= 4 is 65.4 Å². The van der Waals surface area contributed by atoms with Crippen LogP contribution in [0.25, 0.3) is 116 Å². The molecule has 16 aromatic carbocycles. The highest BCUT2D eigenvalue weighted by Crippen LogP contribution is 2.65. The highest BCUT2D eigenvalue weighted by Gasteiger charge is 2.54. The van der Waals surface area contributed by atoms with Gasteiger partial charge >= 0.3 is 0 Å². The standard InChI is InChI=1S/C102H69N3/c1-64-43-49-67(50-44-64)100(88-37-19-13-31-76(88)82-58-85-79-34-16-22-40-94(79)103(97(85)61-91(82)100)73-25-7-4-8-26-73)70-55-71(101(68-51-45-65(2)46-52-68)89-38-20-14-32-77(89)83-59-86-80-35-17-23-41-95(80)104(98(86)62-92(83)101)74-27-9-5-10-28-74)57-72(56-70)102(69-53-47-66(3)48-54-69)90-39-21-15-33-78(90)84-60-87-81-36-18-24-42-96(81)105(99(87)63-93(84)102)75-29-11-6-12-30-75/h4-63H,1-3H3. The Morgan fingerprint density at radius 3 is 0.705 bits per heavy atom. The van der Waals surface area contributed by atoms with Gasteiger partial charge in [-0.3, -0.25) is 0 Å². The fraction of sp³-hybridized carbons (Fsp3) is 0.0588. The lowest BCUT2D eigenvalue weighted by molar-refractivity contribution is 0.713. The van der Waals surface area contributed by atoms with Gasteiger partial charge in [-0.05, 0) is 212 Å². The van der Waals surface area contributed by atoms with Crippen LogP contribution < -0.4 is 0 Å². The Balaban J connectivity index is 0.963. The van der Waals surface area contributed by atoms with Crippen LogP contribution in [0.3, 0.4) is 0 Å². The van der Waals surface area contributed by atoms with Gasteiger partial charge in [0.25, 0.3) is 0 Å². The minimum atomic E-state index is -0.922. The Labute approximate surface area is 610 Å². The lowest BCUT2D eigenvalue weighted by atomic mass is 9.60. The average Bonchev–Trinajstić information content (AvgIpc) is 1.52. The molecule has 105 heavy (non-hydrogen) atoms. The Morgan fingerprint density at radius 2 is 0.419 bits per heavy atom. The molecule has 0 radical (unpaired) electrons. The quantitative estimate of drug-likeness (QED) is 0.137. The van der Waals surface area contributed by atoms with Gasteiger partial charge in [0, 0.05) is 49.4 Å². The second-order valence-electron chi connectivity index (χ2n) is 29.6. The van der Waals surface area contributed by atoms with Gasteiger partial charge in [-0.15, -0.1) is 0 Å². The summed E-state index contributed by atoms with van der Waals surface area (Å²) in [4.78, 5) is 0. The Bertz CT molecular complexity index is 6160. The molecule has 3 aromatic heterocycles. The molecule has 3 aliphatic rings. The Morgan fingerprint density at radius 1 is 0.171 bits per heavy atom. The fourth-order valence-corrected chi connectivity index (χ4v) is 19.8. The van der Waals surface area contributed by atoms with E-state index in [0.29, 0.717) is 0 Å². The number of nitrogens with zero attached hydrogens (tertiary/aromatic N) is 3. The smallest absolute Gasteiger partial charge is 0.0714 e. The van der Waals surface area contributed by atoms with Crippen molar-refractivity contribution in [3.63, 3.8) is 0 Å². The molecule has 0 amide bonds. The molecule has 3 aliphatic carbocycles. The number of fused-ring (bicyclic) bond motifs is 18. The lowest BCUT2D eigenvalue weighted by Crippen LogP contribution is -2.35. The monoisotopic (exact) mass is 1340 g/mol. The maximum atomic E-state index is 2.70. The van der Waals surface area contributed by atoms with Crippen molar-refractivity contribution in [3.8, 4) is 50.4 Å². The van der Waals surface area contributed by atoms with Gasteiger partial charge in [-0.1, -0.05) is 290 Å². The first-order valence-electron chi connectivity index (χ1n) is 36.9. The van der Waals surface area contributed by atoms with E-state index in [1.54, 1.807) is 0 Å². The molecule has 3 unspecified atom stereocenters. The van der Waals surface area contributed by atoms with Crippen LogP contribution in [0.4, 0.5) is 0 Å². The number of aromatic nitrogens is 3. The summed E-state index contributed by atoms with van der Waals surface area (Å²) < 4.78 is 7.54. The van der Waals surface area contributed by atoms with Crippen molar-refractivity contribution in [2.24, 2.45) is 0 Å². The first-order valence-corrected chi connectivity index (χ1v) is 36.9. The first-order chi connectivity index (χ1) is 51.8. The SMILES string of the molecule is Cc1ccc(C2(c3cc(C4(c5ccc(C)cc5)c5ccccc5-c5cc6c7ccccc7n(-c7ccccc7)c6cc54)cc(C4(c5ccc(C)cc5)c5ccccc5-c5cc6c7ccccc7n(-c7ccccc7)c6cc54)c3)c3ccccc3-c3cc4c5ccccc5n(-c5ccccc5)c4cc32)cc1. The van der Waals surface area contributed by atoms with Gasteiger partial charge in [-0.25, -0.2) is 0 Å². The summed E-state index contributed by atoms with van der Waals surface area (Å²) in [5, 5.41) is 7.37. The highest BCUT2D eigenvalue weighted by molar-refractivity contribution is 6.15. The van der Waals surface area contributed by atoms with Crippen molar-refractivity contribution in [2.75, 3.05) is 0 Å². The van der Waals surface area contributed by atoms with E-state index in [9.17, 15) is 0 Å². The predicted octanol–water partition coefficient (Wildman–Crippen LogP) is 25.0. The topological polar surface area (TPSA) is 14.8 Å². The van der Waals surface area contributed by atoms with E-state index in [1.807, 2.05) is 0 Å². The second kappa shape index (κ2) is 22.2. The molecule has 0 bridgehead atoms. The molecule has 0 saturated carbocycles. The molecule has 0 N–H and O–H groups in total. The molecule has 0 aliphatic heterocycles. The molecule has 3 heteroatoms. The molecule has 19 aromatic rings. The maximum absolute atomic E-state index is 2.70. The summed E-state index contributed by atoms with van der Waals surface area (Å²) >= 11 is 0. The van der Waals surface area contributed by atoms with Gasteiger partial charge in [0.15, 0.2) is 0 Å². The number of rotatable bonds is 9. The minimum absolute atomic E-state index is 0.922.